The molecule has 0 saturated carbocycles. The van der Waals surface area contributed by atoms with Crippen molar-refractivity contribution in [2.75, 3.05) is 24.5 Å². The van der Waals surface area contributed by atoms with E-state index in [4.69, 9.17) is 0 Å². The molecule has 0 bridgehead atoms. The fraction of sp³-hybridized carbons (Fsp3) is 0.286. The van der Waals surface area contributed by atoms with Crippen LogP contribution in [0.4, 0.5) is 5.69 Å². The lowest BCUT2D eigenvalue weighted by molar-refractivity contribution is 0.341. The maximum Gasteiger partial charge on any atom is 0.292 e. The van der Waals surface area contributed by atoms with E-state index < -0.39 is 20.2 Å². The van der Waals surface area contributed by atoms with Crippen LogP contribution in [0.5, 0.6) is 0 Å². The third-order valence-electron chi connectivity index (χ3n) is 5.65. The van der Waals surface area contributed by atoms with Crippen molar-refractivity contribution in [3.8, 4) is 6.07 Å². The van der Waals surface area contributed by atoms with E-state index in [1.165, 1.54) is 24.3 Å². The molecule has 1 unspecified atom stereocenters. The van der Waals surface area contributed by atoms with Gasteiger partial charge in [0.25, 0.3) is 20.2 Å². The first-order valence-corrected chi connectivity index (χ1v) is 12.9. The molecule has 1 aliphatic rings. The number of H-pyrrole nitrogens is 1. The van der Waals surface area contributed by atoms with Crippen LogP contribution < -0.4 is 9.03 Å². The maximum atomic E-state index is 12.8. The number of nitrogens with zero attached hydrogens (tertiary/aromatic N) is 3. The summed E-state index contributed by atoms with van der Waals surface area (Å²) in [7, 11) is -8.47. The molecule has 11 heteroatoms. The summed E-state index contributed by atoms with van der Waals surface area (Å²) < 4.78 is 53.7. The van der Waals surface area contributed by atoms with E-state index in [1.807, 2.05) is 30.1 Å². The average molecular weight is 474 g/mol. The molecule has 2 aromatic carbocycles. The Balaban J connectivity index is 1.57. The molecule has 0 radical (unpaired) electrons. The van der Waals surface area contributed by atoms with Crippen LogP contribution in [0.15, 0.2) is 53.6 Å². The zero-order chi connectivity index (χ0) is 23.1. The first-order valence-electron chi connectivity index (χ1n) is 10.0. The third kappa shape index (κ3) is 3.98. The number of fused-ring (bicyclic) bond motifs is 1. The van der Waals surface area contributed by atoms with Gasteiger partial charge in [0.1, 0.15) is 6.07 Å². The molecule has 2 N–H and O–H groups in total. The number of nitrogens with one attached hydrogen (secondary N) is 2. The number of benzene rings is 2. The van der Waals surface area contributed by atoms with Gasteiger partial charge in [-0.3, -0.25) is 0 Å². The molecule has 0 amide bonds. The van der Waals surface area contributed by atoms with Crippen LogP contribution in [0.3, 0.4) is 0 Å². The second-order valence-corrected chi connectivity index (χ2v) is 11.4. The molecular weight excluding hydrogens is 450 g/mol. The van der Waals surface area contributed by atoms with Crippen LogP contribution in [-0.2, 0) is 20.2 Å². The van der Waals surface area contributed by atoms with Gasteiger partial charge >= 0.3 is 0 Å². The molecule has 9 nitrogen and oxygen atoms in total. The van der Waals surface area contributed by atoms with Gasteiger partial charge in [-0.15, -0.1) is 0 Å². The fourth-order valence-corrected chi connectivity index (χ4v) is 7.24. The standard InChI is InChI=1S/C21H23N5O4S2/c1-15-8-9-19(21-20(15)17(12-22)13-23-21)26-11-10-25(14-16(26)2)32(29,30)24-31(27,28)18-6-4-3-5-7-18/h3-9,13,16,23-24H,10-11,14H2,1-2H3. The van der Waals surface area contributed by atoms with Gasteiger partial charge < -0.3 is 9.88 Å². The highest BCUT2D eigenvalue weighted by molar-refractivity contribution is 8.03. The zero-order valence-corrected chi connectivity index (χ0v) is 19.2. The minimum atomic E-state index is -4.26. The van der Waals surface area contributed by atoms with E-state index in [1.54, 1.807) is 12.3 Å². The Bertz CT molecular complexity index is 1410. The van der Waals surface area contributed by atoms with Crippen molar-refractivity contribution in [3.63, 3.8) is 0 Å². The third-order valence-corrected chi connectivity index (χ3v) is 9.27. The largest absolute Gasteiger partial charge is 0.364 e. The first-order chi connectivity index (χ1) is 15.1. The molecule has 1 aromatic heterocycles. The van der Waals surface area contributed by atoms with Crippen molar-refractivity contribution in [2.45, 2.75) is 24.8 Å². The summed E-state index contributed by atoms with van der Waals surface area (Å²) in [5, 5.41) is 10.2. The predicted molar refractivity (Wildman–Crippen MR) is 122 cm³/mol. The molecule has 2 heterocycles. The number of sulfonamides is 1. The van der Waals surface area contributed by atoms with Gasteiger partial charge in [0.15, 0.2) is 0 Å². The molecule has 1 fully saturated rings. The van der Waals surface area contributed by atoms with Crippen molar-refractivity contribution >= 4 is 36.8 Å². The van der Waals surface area contributed by atoms with Crippen LogP contribution in [0.2, 0.25) is 0 Å². The summed E-state index contributed by atoms with van der Waals surface area (Å²) in [6, 6.07) is 13.3. The number of anilines is 1. The minimum absolute atomic E-state index is 0.112. The molecule has 1 saturated heterocycles. The highest BCUT2D eigenvalue weighted by Gasteiger charge is 2.35. The summed E-state index contributed by atoms with van der Waals surface area (Å²) in [5.41, 5.74) is 3.24. The lowest BCUT2D eigenvalue weighted by Gasteiger charge is -2.40. The summed E-state index contributed by atoms with van der Waals surface area (Å²) in [6.07, 6.45) is 1.67. The van der Waals surface area contributed by atoms with Gasteiger partial charge in [-0.05, 0) is 37.6 Å². The molecule has 4 rings (SSSR count). The first kappa shape index (κ1) is 22.3. The number of hydrogen-bond donors (Lipinski definition) is 2. The number of aromatic nitrogens is 1. The van der Waals surface area contributed by atoms with Crippen molar-refractivity contribution in [1.29, 1.82) is 5.26 Å². The normalized spacial score (nSPS) is 18.0. The maximum absolute atomic E-state index is 12.8. The van der Waals surface area contributed by atoms with Crippen molar-refractivity contribution in [2.24, 2.45) is 0 Å². The smallest absolute Gasteiger partial charge is 0.292 e. The number of nitriles is 1. The van der Waals surface area contributed by atoms with E-state index >= 15 is 0 Å². The quantitative estimate of drug-likeness (QED) is 0.584. The summed E-state index contributed by atoms with van der Waals surface area (Å²) in [6.45, 7) is 4.42. The Morgan fingerprint density at radius 3 is 2.47 bits per heavy atom. The van der Waals surface area contributed by atoms with Crippen LogP contribution in [0.25, 0.3) is 10.9 Å². The molecule has 1 aliphatic heterocycles. The molecule has 168 valence electrons. The summed E-state index contributed by atoms with van der Waals surface area (Å²) in [4.78, 5) is 5.12. The molecule has 3 aromatic rings. The lowest BCUT2D eigenvalue weighted by atomic mass is 10.0. The lowest BCUT2D eigenvalue weighted by Crippen LogP contribution is -2.56. The highest BCUT2D eigenvalue weighted by atomic mass is 32.3. The van der Waals surface area contributed by atoms with Gasteiger partial charge in [0, 0.05) is 37.3 Å². The van der Waals surface area contributed by atoms with Gasteiger partial charge in [0.2, 0.25) is 0 Å². The predicted octanol–water partition coefficient (Wildman–Crippen LogP) is 2.08. The Labute approximate surface area is 187 Å². The SMILES string of the molecule is Cc1ccc(N2CCN(S(=O)(=O)NS(=O)(=O)c3ccccc3)CC2C)c2[nH]cc(C#N)c12. The Hall–Kier alpha value is -2.91. The van der Waals surface area contributed by atoms with Crippen molar-refractivity contribution in [1.82, 2.24) is 13.4 Å². The van der Waals surface area contributed by atoms with E-state index in [-0.39, 0.29) is 24.0 Å². The Kier molecular flexibility index (Phi) is 5.72. The number of hydrogen-bond acceptors (Lipinski definition) is 6. The number of aryl methyl sites for hydroxylation is 1. The topological polar surface area (TPSA) is 126 Å². The van der Waals surface area contributed by atoms with E-state index in [9.17, 15) is 22.1 Å². The van der Waals surface area contributed by atoms with Crippen molar-refractivity contribution < 1.29 is 16.8 Å². The van der Waals surface area contributed by atoms with E-state index in [2.05, 4.69) is 16.0 Å². The van der Waals surface area contributed by atoms with Crippen LogP contribution >= 0.6 is 0 Å². The highest BCUT2D eigenvalue weighted by Crippen LogP contribution is 2.33. The second-order valence-electron chi connectivity index (χ2n) is 7.77. The zero-order valence-electron chi connectivity index (χ0n) is 17.6. The number of piperazine rings is 1. The number of rotatable bonds is 5. The second kappa shape index (κ2) is 8.22. The monoisotopic (exact) mass is 473 g/mol. The van der Waals surface area contributed by atoms with Crippen molar-refractivity contribution in [3.05, 3.63) is 59.8 Å². The van der Waals surface area contributed by atoms with Crippen LogP contribution in [0, 0.1) is 18.3 Å². The van der Waals surface area contributed by atoms with Crippen LogP contribution in [-0.4, -0.2) is 51.8 Å². The summed E-state index contributed by atoms with van der Waals surface area (Å²) >= 11 is 0. The van der Waals surface area contributed by atoms with Gasteiger partial charge in [0.05, 0.1) is 21.7 Å². The Morgan fingerprint density at radius 1 is 1.09 bits per heavy atom. The average Bonchev–Trinajstić information content (AvgIpc) is 3.19. The van der Waals surface area contributed by atoms with Gasteiger partial charge in [-0.1, -0.05) is 28.4 Å². The van der Waals surface area contributed by atoms with Gasteiger partial charge in [-0.25, -0.2) is 8.42 Å². The molecular formula is C21H23N5O4S2. The molecule has 0 aliphatic carbocycles. The minimum Gasteiger partial charge on any atom is -0.364 e. The number of aromatic amines is 1. The Morgan fingerprint density at radius 2 is 1.81 bits per heavy atom. The fourth-order valence-electron chi connectivity index (χ4n) is 4.07. The molecule has 32 heavy (non-hydrogen) atoms. The van der Waals surface area contributed by atoms with Gasteiger partial charge in [-0.2, -0.15) is 18.0 Å². The summed E-state index contributed by atoms with van der Waals surface area (Å²) in [5.74, 6) is 0. The molecule has 1 atom stereocenters. The van der Waals surface area contributed by atoms with Crippen LogP contribution in [0.1, 0.15) is 18.1 Å². The van der Waals surface area contributed by atoms with E-state index in [0.717, 1.165) is 26.5 Å². The molecule has 0 spiro atoms. The van der Waals surface area contributed by atoms with E-state index in [0.29, 0.717) is 12.1 Å².